The molecule has 98 valence electrons. The third-order valence-corrected chi connectivity index (χ3v) is 4.33. The molecule has 2 rings (SSSR count). The van der Waals surface area contributed by atoms with Crippen molar-refractivity contribution in [1.82, 2.24) is 0 Å². The molecule has 0 saturated carbocycles. The molecule has 0 aliphatic carbocycles. The Morgan fingerprint density at radius 2 is 1.84 bits per heavy atom. The molecule has 0 N–H and O–H groups in total. The number of ketones is 1. The minimum atomic E-state index is -0.323. The Bertz CT molecular complexity index is 638. The molecule has 0 amide bonds. The van der Waals surface area contributed by atoms with Crippen LogP contribution in [-0.4, -0.2) is 5.78 Å². The van der Waals surface area contributed by atoms with Gasteiger partial charge in [-0.1, -0.05) is 28.1 Å². The molecule has 0 atom stereocenters. The molecule has 0 fully saturated rings. The Hall–Kier alpha value is -1.000. The number of aryl methyl sites for hydroxylation is 1. The summed E-state index contributed by atoms with van der Waals surface area (Å²) in [6, 6.07) is 10.1. The number of hydrogen-bond donors (Lipinski definition) is 0. The Labute approximate surface area is 128 Å². The first-order chi connectivity index (χ1) is 8.97. The SMILES string of the molecule is Cc1cc(C(=O)Cc2ccc(F)c(Br)c2)ccc1Br. The molecule has 0 radical (unpaired) electrons. The number of carbonyl (C=O) groups excluding carboxylic acids is 1. The van der Waals surface area contributed by atoms with Gasteiger partial charge in [0, 0.05) is 16.5 Å². The lowest BCUT2D eigenvalue weighted by atomic mass is 10.0. The highest BCUT2D eigenvalue weighted by molar-refractivity contribution is 9.10. The van der Waals surface area contributed by atoms with Crippen LogP contribution in [0.4, 0.5) is 4.39 Å². The Morgan fingerprint density at radius 1 is 1.11 bits per heavy atom. The van der Waals surface area contributed by atoms with E-state index in [0.717, 1.165) is 15.6 Å². The van der Waals surface area contributed by atoms with Gasteiger partial charge in [-0.3, -0.25) is 4.79 Å². The first kappa shape index (κ1) is 14.4. The summed E-state index contributed by atoms with van der Waals surface area (Å²) in [5, 5.41) is 0. The van der Waals surface area contributed by atoms with Gasteiger partial charge in [0.05, 0.1) is 4.47 Å². The summed E-state index contributed by atoms with van der Waals surface area (Å²) >= 11 is 6.52. The van der Waals surface area contributed by atoms with E-state index < -0.39 is 0 Å². The second-order valence-electron chi connectivity index (χ2n) is 4.31. The highest BCUT2D eigenvalue weighted by atomic mass is 79.9. The molecule has 0 unspecified atom stereocenters. The van der Waals surface area contributed by atoms with Gasteiger partial charge in [0.2, 0.25) is 0 Å². The summed E-state index contributed by atoms with van der Waals surface area (Å²) in [6.45, 7) is 1.94. The molecule has 4 heteroatoms. The summed E-state index contributed by atoms with van der Waals surface area (Å²) in [5.74, 6) is -0.301. The van der Waals surface area contributed by atoms with E-state index in [9.17, 15) is 9.18 Å². The molecule has 0 aliphatic rings. The smallest absolute Gasteiger partial charge is 0.167 e. The van der Waals surface area contributed by atoms with Crippen LogP contribution >= 0.6 is 31.9 Å². The zero-order chi connectivity index (χ0) is 14.0. The van der Waals surface area contributed by atoms with Crippen LogP contribution < -0.4 is 0 Å². The van der Waals surface area contributed by atoms with Crippen LogP contribution in [0.15, 0.2) is 45.3 Å². The van der Waals surface area contributed by atoms with E-state index in [4.69, 9.17) is 0 Å². The summed E-state index contributed by atoms with van der Waals surface area (Å²) in [7, 11) is 0. The summed E-state index contributed by atoms with van der Waals surface area (Å²) in [5.41, 5.74) is 2.48. The summed E-state index contributed by atoms with van der Waals surface area (Å²) < 4.78 is 14.5. The van der Waals surface area contributed by atoms with Gasteiger partial charge in [-0.15, -0.1) is 0 Å². The van der Waals surface area contributed by atoms with E-state index >= 15 is 0 Å². The molecular formula is C15H11Br2FO. The maximum atomic E-state index is 13.1. The number of hydrogen-bond acceptors (Lipinski definition) is 1. The third-order valence-electron chi connectivity index (χ3n) is 2.83. The van der Waals surface area contributed by atoms with E-state index in [-0.39, 0.29) is 18.0 Å². The maximum absolute atomic E-state index is 13.1. The van der Waals surface area contributed by atoms with Crippen LogP contribution in [0.25, 0.3) is 0 Å². The fraction of sp³-hybridized carbons (Fsp3) is 0.133. The van der Waals surface area contributed by atoms with Gasteiger partial charge in [0.15, 0.2) is 5.78 Å². The van der Waals surface area contributed by atoms with Crippen LogP contribution in [0.1, 0.15) is 21.5 Å². The number of benzene rings is 2. The van der Waals surface area contributed by atoms with Gasteiger partial charge >= 0.3 is 0 Å². The Kier molecular flexibility index (Phi) is 4.53. The van der Waals surface area contributed by atoms with Crippen molar-refractivity contribution in [2.24, 2.45) is 0 Å². The molecular weight excluding hydrogens is 375 g/mol. The number of halogens is 3. The van der Waals surface area contributed by atoms with Gasteiger partial charge in [-0.05, 0) is 58.2 Å². The average molecular weight is 386 g/mol. The normalized spacial score (nSPS) is 10.5. The molecule has 0 aromatic heterocycles. The lowest BCUT2D eigenvalue weighted by molar-refractivity contribution is 0.0993. The number of rotatable bonds is 3. The molecule has 0 bridgehead atoms. The van der Waals surface area contributed by atoms with E-state index in [2.05, 4.69) is 31.9 Å². The van der Waals surface area contributed by atoms with E-state index in [1.807, 2.05) is 19.1 Å². The average Bonchev–Trinajstić information content (AvgIpc) is 2.37. The van der Waals surface area contributed by atoms with E-state index in [1.165, 1.54) is 6.07 Å². The zero-order valence-corrected chi connectivity index (χ0v) is 13.4. The summed E-state index contributed by atoms with van der Waals surface area (Å²) in [6.07, 6.45) is 0.264. The molecule has 1 nitrogen and oxygen atoms in total. The molecule has 0 aliphatic heterocycles. The van der Waals surface area contributed by atoms with Crippen LogP contribution in [0.3, 0.4) is 0 Å². The van der Waals surface area contributed by atoms with Crippen molar-refractivity contribution in [2.75, 3.05) is 0 Å². The second-order valence-corrected chi connectivity index (χ2v) is 6.02. The van der Waals surface area contributed by atoms with Gasteiger partial charge in [-0.25, -0.2) is 4.39 Å². The van der Waals surface area contributed by atoms with Gasteiger partial charge in [0.25, 0.3) is 0 Å². The zero-order valence-electron chi connectivity index (χ0n) is 10.2. The van der Waals surface area contributed by atoms with Crippen molar-refractivity contribution in [1.29, 1.82) is 0 Å². The predicted octanol–water partition coefficient (Wildman–Crippen LogP) is 5.08. The standard InChI is InChI=1S/C15H11Br2FO/c1-9-6-11(3-4-12(9)16)15(19)8-10-2-5-14(18)13(17)7-10/h2-7H,8H2,1H3. The minimum absolute atomic E-state index is 0.0223. The summed E-state index contributed by atoms with van der Waals surface area (Å²) in [4.78, 5) is 12.1. The van der Waals surface area contributed by atoms with Gasteiger partial charge in [0.1, 0.15) is 5.82 Å². The van der Waals surface area contributed by atoms with Crippen LogP contribution in [0, 0.1) is 12.7 Å². The van der Waals surface area contributed by atoms with Crippen molar-refractivity contribution in [3.8, 4) is 0 Å². The Balaban J connectivity index is 2.20. The predicted molar refractivity (Wildman–Crippen MR) is 81.0 cm³/mol. The van der Waals surface area contributed by atoms with Crippen molar-refractivity contribution in [2.45, 2.75) is 13.3 Å². The Morgan fingerprint density at radius 3 is 2.47 bits per heavy atom. The lowest BCUT2D eigenvalue weighted by Gasteiger charge is -2.05. The quantitative estimate of drug-likeness (QED) is 0.673. The van der Waals surface area contributed by atoms with E-state index in [1.54, 1.807) is 18.2 Å². The van der Waals surface area contributed by atoms with Crippen LogP contribution in [-0.2, 0) is 6.42 Å². The molecule has 2 aromatic rings. The monoisotopic (exact) mass is 384 g/mol. The van der Waals surface area contributed by atoms with Gasteiger partial charge in [-0.2, -0.15) is 0 Å². The first-order valence-electron chi connectivity index (χ1n) is 5.70. The highest BCUT2D eigenvalue weighted by Gasteiger charge is 2.09. The lowest BCUT2D eigenvalue weighted by Crippen LogP contribution is -2.04. The van der Waals surface area contributed by atoms with Crippen molar-refractivity contribution < 1.29 is 9.18 Å². The first-order valence-corrected chi connectivity index (χ1v) is 7.29. The molecule has 2 aromatic carbocycles. The fourth-order valence-electron chi connectivity index (χ4n) is 1.76. The van der Waals surface area contributed by atoms with Gasteiger partial charge < -0.3 is 0 Å². The fourth-order valence-corrected chi connectivity index (χ4v) is 2.43. The maximum Gasteiger partial charge on any atom is 0.167 e. The van der Waals surface area contributed by atoms with Crippen molar-refractivity contribution in [3.05, 3.63) is 67.9 Å². The molecule has 0 spiro atoms. The number of carbonyl (C=O) groups is 1. The minimum Gasteiger partial charge on any atom is -0.294 e. The highest BCUT2D eigenvalue weighted by Crippen LogP contribution is 2.20. The van der Waals surface area contributed by atoms with Crippen molar-refractivity contribution in [3.63, 3.8) is 0 Å². The van der Waals surface area contributed by atoms with E-state index in [0.29, 0.717) is 10.0 Å². The number of Topliss-reactive ketones (excluding diaryl/α,β-unsaturated/α-hetero) is 1. The molecule has 0 saturated heterocycles. The third kappa shape index (κ3) is 3.51. The topological polar surface area (TPSA) is 17.1 Å². The second kappa shape index (κ2) is 5.97. The van der Waals surface area contributed by atoms with Crippen LogP contribution in [0.5, 0.6) is 0 Å². The molecule has 19 heavy (non-hydrogen) atoms. The largest absolute Gasteiger partial charge is 0.294 e. The van der Waals surface area contributed by atoms with Crippen molar-refractivity contribution >= 4 is 37.6 Å². The van der Waals surface area contributed by atoms with Crippen LogP contribution in [0.2, 0.25) is 0 Å². The molecule has 0 heterocycles.